The van der Waals surface area contributed by atoms with E-state index in [0.29, 0.717) is 18.0 Å². The Morgan fingerprint density at radius 3 is 2.40 bits per heavy atom. The molecule has 0 saturated heterocycles. The van der Waals surface area contributed by atoms with Crippen LogP contribution in [-0.4, -0.2) is 31.7 Å². The third kappa shape index (κ3) is 6.59. The summed E-state index contributed by atoms with van der Waals surface area (Å²) in [6.07, 6.45) is 1.51. The van der Waals surface area contributed by atoms with Gasteiger partial charge in [-0.25, -0.2) is 5.43 Å². The van der Waals surface area contributed by atoms with Gasteiger partial charge in [-0.2, -0.15) is 5.10 Å². The maximum atomic E-state index is 12.7. The van der Waals surface area contributed by atoms with Crippen molar-refractivity contribution in [2.75, 3.05) is 19.0 Å². The second kappa shape index (κ2) is 11.3. The van der Waals surface area contributed by atoms with E-state index in [4.69, 9.17) is 9.47 Å². The summed E-state index contributed by atoms with van der Waals surface area (Å²) in [5.41, 5.74) is 3.82. The van der Waals surface area contributed by atoms with Crippen molar-refractivity contribution in [1.29, 1.82) is 0 Å². The minimum Gasteiger partial charge on any atom is -0.497 e. The molecule has 0 radical (unpaired) electrons. The van der Waals surface area contributed by atoms with Gasteiger partial charge in [-0.15, -0.1) is 0 Å². The Hall–Kier alpha value is -2.87. The van der Waals surface area contributed by atoms with Gasteiger partial charge in [0.15, 0.2) is 0 Å². The number of amides is 2. The van der Waals surface area contributed by atoms with Crippen LogP contribution in [0, 0.1) is 11.8 Å². The maximum Gasteiger partial charge on any atom is 0.252 e. The van der Waals surface area contributed by atoms with Crippen molar-refractivity contribution in [1.82, 2.24) is 5.43 Å². The van der Waals surface area contributed by atoms with Gasteiger partial charge in [-0.1, -0.05) is 13.8 Å². The second-order valence-electron chi connectivity index (χ2n) is 6.80. The lowest BCUT2D eigenvalue weighted by atomic mass is 9.94. The highest BCUT2D eigenvalue weighted by Gasteiger charge is 2.29. The number of nitrogens with zero attached hydrogens (tertiary/aromatic N) is 1. The first-order chi connectivity index (χ1) is 14.3. The Bertz CT molecular complexity index is 898. The quantitative estimate of drug-likeness (QED) is 0.322. The predicted octanol–water partition coefficient (Wildman–Crippen LogP) is 4.22. The lowest BCUT2D eigenvalue weighted by Crippen LogP contribution is -2.39. The molecular formula is C22H26BrN3O4. The van der Waals surface area contributed by atoms with E-state index in [-0.39, 0.29) is 5.92 Å². The fraction of sp³-hybridized carbons (Fsp3) is 0.318. The minimum absolute atomic E-state index is 0.210. The van der Waals surface area contributed by atoms with Crippen LogP contribution < -0.4 is 20.2 Å². The number of halogens is 1. The molecule has 0 fully saturated rings. The van der Waals surface area contributed by atoms with Crippen LogP contribution >= 0.6 is 15.9 Å². The highest BCUT2D eigenvalue weighted by atomic mass is 79.9. The number of benzene rings is 2. The summed E-state index contributed by atoms with van der Waals surface area (Å²) in [4.78, 5) is 25.2. The molecule has 0 aliphatic heterocycles. The molecule has 0 spiro atoms. The standard InChI is InChI=1S/C22H26BrN3O4/c1-5-30-19-11-6-15(12-18(19)23)13-24-26-22(28)20(14(2)3)21(27)25-16-7-9-17(29-4)10-8-16/h6-14,20H,5H2,1-4H3,(H,25,27)(H,26,28). The third-order valence-electron chi connectivity index (χ3n) is 4.23. The predicted molar refractivity (Wildman–Crippen MR) is 121 cm³/mol. The monoisotopic (exact) mass is 475 g/mol. The van der Waals surface area contributed by atoms with E-state index in [2.05, 4.69) is 31.8 Å². The molecular weight excluding hydrogens is 450 g/mol. The molecule has 0 saturated carbocycles. The number of carbonyl (C=O) groups is 2. The normalized spacial score (nSPS) is 11.9. The van der Waals surface area contributed by atoms with E-state index in [9.17, 15) is 9.59 Å². The molecule has 2 aromatic rings. The number of hydrazone groups is 1. The van der Waals surface area contributed by atoms with Crippen molar-refractivity contribution in [2.24, 2.45) is 16.9 Å². The first-order valence-electron chi connectivity index (χ1n) is 9.55. The van der Waals surface area contributed by atoms with Gasteiger partial charge in [0.05, 0.1) is 24.4 Å². The Balaban J connectivity index is 2.01. The van der Waals surface area contributed by atoms with Crippen molar-refractivity contribution in [3.8, 4) is 11.5 Å². The number of nitrogens with one attached hydrogen (secondary N) is 2. The third-order valence-corrected chi connectivity index (χ3v) is 4.85. The molecule has 30 heavy (non-hydrogen) atoms. The number of ether oxygens (including phenoxy) is 2. The first-order valence-corrected chi connectivity index (χ1v) is 10.3. The summed E-state index contributed by atoms with van der Waals surface area (Å²) >= 11 is 3.44. The first kappa shape index (κ1) is 23.4. The van der Waals surface area contributed by atoms with Crippen LogP contribution in [0.3, 0.4) is 0 Å². The highest BCUT2D eigenvalue weighted by Crippen LogP contribution is 2.25. The van der Waals surface area contributed by atoms with E-state index in [1.807, 2.05) is 39.0 Å². The van der Waals surface area contributed by atoms with E-state index in [0.717, 1.165) is 15.8 Å². The summed E-state index contributed by atoms with van der Waals surface area (Å²) < 4.78 is 11.4. The largest absolute Gasteiger partial charge is 0.497 e. The van der Waals surface area contributed by atoms with E-state index in [1.54, 1.807) is 31.4 Å². The molecule has 0 bridgehead atoms. The molecule has 1 unspecified atom stereocenters. The summed E-state index contributed by atoms with van der Waals surface area (Å²) in [6.45, 7) is 6.10. The van der Waals surface area contributed by atoms with Gasteiger partial charge in [-0.3, -0.25) is 9.59 Å². The van der Waals surface area contributed by atoms with Crippen molar-refractivity contribution >= 4 is 39.6 Å². The Labute approximate surface area is 185 Å². The maximum absolute atomic E-state index is 12.7. The number of hydrogen-bond donors (Lipinski definition) is 2. The van der Waals surface area contributed by atoms with Crippen LogP contribution in [0.15, 0.2) is 52.0 Å². The average molecular weight is 476 g/mol. The molecule has 1 atom stereocenters. The van der Waals surface area contributed by atoms with Gasteiger partial charge in [0.1, 0.15) is 17.4 Å². The summed E-state index contributed by atoms with van der Waals surface area (Å²) in [5.74, 6) is -0.562. The van der Waals surface area contributed by atoms with Crippen LogP contribution in [0.4, 0.5) is 5.69 Å². The topological polar surface area (TPSA) is 89.0 Å². The summed E-state index contributed by atoms with van der Waals surface area (Å²) in [6, 6.07) is 12.4. The molecule has 0 heterocycles. The van der Waals surface area contributed by atoms with Crippen molar-refractivity contribution in [3.63, 3.8) is 0 Å². The Morgan fingerprint density at radius 2 is 1.83 bits per heavy atom. The molecule has 0 aliphatic carbocycles. The lowest BCUT2D eigenvalue weighted by molar-refractivity contribution is -0.134. The van der Waals surface area contributed by atoms with Crippen LogP contribution in [0.25, 0.3) is 0 Å². The molecule has 2 N–H and O–H groups in total. The SMILES string of the molecule is CCOc1ccc(C=NNC(=O)C(C(=O)Nc2ccc(OC)cc2)C(C)C)cc1Br. The number of hydrogen-bond acceptors (Lipinski definition) is 5. The van der Waals surface area contributed by atoms with Gasteiger partial charge in [0.25, 0.3) is 5.91 Å². The van der Waals surface area contributed by atoms with Crippen molar-refractivity contribution in [3.05, 3.63) is 52.5 Å². The molecule has 7 nitrogen and oxygen atoms in total. The zero-order chi connectivity index (χ0) is 22.1. The number of anilines is 1. The highest BCUT2D eigenvalue weighted by molar-refractivity contribution is 9.10. The lowest BCUT2D eigenvalue weighted by Gasteiger charge is -2.18. The Kier molecular flexibility index (Phi) is 8.86. The van der Waals surface area contributed by atoms with E-state index >= 15 is 0 Å². The second-order valence-corrected chi connectivity index (χ2v) is 7.65. The number of rotatable bonds is 9. The van der Waals surface area contributed by atoms with Gasteiger partial charge in [-0.05, 0) is 76.8 Å². The zero-order valence-corrected chi connectivity index (χ0v) is 19.0. The van der Waals surface area contributed by atoms with Crippen LogP contribution in [-0.2, 0) is 9.59 Å². The molecule has 0 aromatic heterocycles. The van der Waals surface area contributed by atoms with E-state index in [1.165, 1.54) is 6.21 Å². The van der Waals surface area contributed by atoms with Gasteiger partial charge >= 0.3 is 0 Å². The van der Waals surface area contributed by atoms with E-state index < -0.39 is 17.7 Å². The minimum atomic E-state index is -0.892. The van der Waals surface area contributed by atoms with Crippen LogP contribution in [0.5, 0.6) is 11.5 Å². The fourth-order valence-electron chi connectivity index (χ4n) is 2.73. The number of methoxy groups -OCH3 is 1. The zero-order valence-electron chi connectivity index (χ0n) is 17.4. The van der Waals surface area contributed by atoms with Gasteiger partial charge in [0.2, 0.25) is 5.91 Å². The molecule has 2 aromatic carbocycles. The molecule has 160 valence electrons. The van der Waals surface area contributed by atoms with Gasteiger partial charge < -0.3 is 14.8 Å². The fourth-order valence-corrected chi connectivity index (χ4v) is 3.24. The van der Waals surface area contributed by atoms with Gasteiger partial charge in [0, 0.05) is 5.69 Å². The number of carbonyl (C=O) groups excluding carboxylic acids is 2. The van der Waals surface area contributed by atoms with Crippen LogP contribution in [0.2, 0.25) is 0 Å². The molecule has 2 rings (SSSR count). The molecule has 2 amide bonds. The summed E-state index contributed by atoms with van der Waals surface area (Å²) in [5, 5.41) is 6.75. The van der Waals surface area contributed by atoms with Crippen LogP contribution in [0.1, 0.15) is 26.3 Å². The average Bonchev–Trinajstić information content (AvgIpc) is 2.70. The summed E-state index contributed by atoms with van der Waals surface area (Å²) in [7, 11) is 1.57. The van der Waals surface area contributed by atoms with Crippen molar-refractivity contribution in [2.45, 2.75) is 20.8 Å². The smallest absolute Gasteiger partial charge is 0.252 e. The molecule has 0 aliphatic rings. The molecule has 8 heteroatoms. The van der Waals surface area contributed by atoms with Crippen molar-refractivity contribution < 1.29 is 19.1 Å². The Morgan fingerprint density at radius 1 is 1.13 bits per heavy atom.